The molecule has 2 heterocycles. The number of alkyl halides is 2. The molecule has 1 unspecified atom stereocenters. The number of aliphatic hydroxyl groups excluding tert-OH is 1. The Labute approximate surface area is 216 Å². The number of aromatic nitrogens is 3. The summed E-state index contributed by atoms with van der Waals surface area (Å²) in [6.07, 6.45) is -2.30. The molecule has 1 atom stereocenters. The lowest BCUT2D eigenvalue weighted by molar-refractivity contribution is -0.143. The number of fused-ring (bicyclic) bond motifs is 1. The van der Waals surface area contributed by atoms with Crippen LogP contribution in [0.5, 0.6) is 6.01 Å². The van der Waals surface area contributed by atoms with Crippen molar-refractivity contribution in [1.82, 2.24) is 15.0 Å². The summed E-state index contributed by atoms with van der Waals surface area (Å²) in [7, 11) is 0. The Morgan fingerprint density at radius 3 is 2.16 bits per heavy atom. The Bertz CT molecular complexity index is 1400. The summed E-state index contributed by atoms with van der Waals surface area (Å²) in [5, 5.41) is 19.1. The second-order valence-electron chi connectivity index (χ2n) is 9.14. The first-order valence-electron chi connectivity index (χ1n) is 11.9. The lowest BCUT2D eigenvalue weighted by Gasteiger charge is -2.25. The standard InChI is InChI=1S/C27H24ClF2N3O4/c28-20-13-21-25(33-27(31-21)37-19-11-9-18(10-12-19)26(35)36)32-22(20)16-5-1-14(2-6-16)15-3-7-17(8-4-15)23(34)24(29)30/h1-8,13,18-19,23-24,34H,9-12H2,(H,35,36)(H,31,32,33)/t18-,19-,23?. The third-order valence-corrected chi connectivity index (χ3v) is 6.98. The molecule has 1 aliphatic rings. The summed E-state index contributed by atoms with van der Waals surface area (Å²) in [6.45, 7) is 0. The minimum Gasteiger partial charge on any atom is -0.481 e. The molecular formula is C27H24ClF2N3O4. The molecule has 5 rings (SSSR count). The Hall–Kier alpha value is -3.56. The van der Waals surface area contributed by atoms with Gasteiger partial charge in [0.05, 0.1) is 22.2 Å². The number of aromatic amines is 1. The van der Waals surface area contributed by atoms with E-state index in [-0.39, 0.29) is 17.6 Å². The lowest BCUT2D eigenvalue weighted by atomic mass is 9.87. The van der Waals surface area contributed by atoms with E-state index < -0.39 is 18.5 Å². The third-order valence-electron chi connectivity index (χ3n) is 6.69. The van der Waals surface area contributed by atoms with Gasteiger partial charge in [-0.25, -0.2) is 13.8 Å². The molecule has 10 heteroatoms. The quantitative estimate of drug-likeness (QED) is 0.261. The molecule has 0 saturated heterocycles. The van der Waals surface area contributed by atoms with Gasteiger partial charge in [0.15, 0.2) is 5.65 Å². The van der Waals surface area contributed by atoms with Gasteiger partial charge in [-0.05, 0) is 48.4 Å². The monoisotopic (exact) mass is 527 g/mol. The number of carboxylic acids is 1. The molecule has 0 radical (unpaired) electrons. The predicted molar refractivity (Wildman–Crippen MR) is 135 cm³/mol. The topological polar surface area (TPSA) is 108 Å². The highest BCUT2D eigenvalue weighted by atomic mass is 35.5. The number of carboxylic acid groups (broad SMARTS) is 1. The maximum absolute atomic E-state index is 12.7. The van der Waals surface area contributed by atoms with Crippen LogP contribution in [0.3, 0.4) is 0 Å². The number of rotatable bonds is 7. The molecule has 2 aromatic heterocycles. The van der Waals surface area contributed by atoms with Crippen LogP contribution in [-0.2, 0) is 4.79 Å². The number of H-pyrrole nitrogens is 1. The zero-order valence-corrected chi connectivity index (χ0v) is 20.3. The fourth-order valence-corrected chi connectivity index (χ4v) is 4.84. The highest BCUT2D eigenvalue weighted by Crippen LogP contribution is 2.33. The van der Waals surface area contributed by atoms with Crippen molar-refractivity contribution in [2.75, 3.05) is 0 Å². The van der Waals surface area contributed by atoms with E-state index in [0.717, 1.165) is 16.7 Å². The van der Waals surface area contributed by atoms with Crippen LogP contribution in [-0.4, -0.2) is 43.7 Å². The number of pyridine rings is 1. The van der Waals surface area contributed by atoms with Crippen LogP contribution in [0.15, 0.2) is 54.6 Å². The molecule has 3 N–H and O–H groups in total. The van der Waals surface area contributed by atoms with Gasteiger partial charge in [-0.1, -0.05) is 60.1 Å². The highest BCUT2D eigenvalue weighted by molar-refractivity contribution is 6.33. The molecule has 0 spiro atoms. The van der Waals surface area contributed by atoms with E-state index in [1.54, 1.807) is 18.2 Å². The van der Waals surface area contributed by atoms with E-state index in [1.807, 2.05) is 24.3 Å². The molecule has 0 amide bonds. The van der Waals surface area contributed by atoms with E-state index in [0.29, 0.717) is 53.6 Å². The predicted octanol–water partition coefficient (Wildman–Crippen LogP) is 6.27. The first-order chi connectivity index (χ1) is 17.8. The molecule has 0 bridgehead atoms. The maximum Gasteiger partial charge on any atom is 0.306 e. The number of benzene rings is 2. The third kappa shape index (κ3) is 5.42. The number of hydrogen-bond acceptors (Lipinski definition) is 5. The van der Waals surface area contributed by atoms with Gasteiger partial charge < -0.3 is 19.9 Å². The summed E-state index contributed by atoms with van der Waals surface area (Å²) in [5.41, 5.74) is 4.25. The van der Waals surface area contributed by atoms with Crippen molar-refractivity contribution in [2.45, 2.75) is 44.3 Å². The van der Waals surface area contributed by atoms with E-state index in [4.69, 9.17) is 21.4 Å². The smallest absolute Gasteiger partial charge is 0.306 e. The Balaban J connectivity index is 1.31. The molecule has 4 aromatic rings. The van der Waals surface area contributed by atoms with Crippen LogP contribution in [0, 0.1) is 5.92 Å². The summed E-state index contributed by atoms with van der Waals surface area (Å²) < 4.78 is 31.4. The fourth-order valence-electron chi connectivity index (χ4n) is 4.58. The molecule has 1 saturated carbocycles. The average Bonchev–Trinajstić information content (AvgIpc) is 3.29. The van der Waals surface area contributed by atoms with Gasteiger partial charge in [0, 0.05) is 5.56 Å². The van der Waals surface area contributed by atoms with Crippen molar-refractivity contribution in [3.8, 4) is 28.4 Å². The van der Waals surface area contributed by atoms with Crippen molar-refractivity contribution in [3.05, 3.63) is 65.2 Å². The van der Waals surface area contributed by atoms with Gasteiger partial charge in [-0.15, -0.1) is 0 Å². The molecule has 1 aliphatic carbocycles. The molecule has 7 nitrogen and oxygen atoms in total. The van der Waals surface area contributed by atoms with Crippen molar-refractivity contribution in [3.63, 3.8) is 0 Å². The second kappa shape index (κ2) is 10.4. The van der Waals surface area contributed by atoms with E-state index in [1.165, 1.54) is 12.1 Å². The van der Waals surface area contributed by atoms with Crippen LogP contribution in [0.2, 0.25) is 5.02 Å². The molecule has 192 valence electrons. The first-order valence-corrected chi connectivity index (χ1v) is 12.3. The SMILES string of the molecule is O=C(O)[C@H]1CC[C@H](Oc2nc3nc(-c4ccc(-c5ccc(C(O)C(F)F)cc5)cc4)c(Cl)cc3[nH]2)CC1. The van der Waals surface area contributed by atoms with E-state index >= 15 is 0 Å². The summed E-state index contributed by atoms with van der Waals surface area (Å²) in [5.74, 6) is -1.08. The van der Waals surface area contributed by atoms with Crippen LogP contribution < -0.4 is 4.74 Å². The van der Waals surface area contributed by atoms with Crippen molar-refractivity contribution in [2.24, 2.45) is 5.92 Å². The number of carbonyl (C=O) groups is 1. The number of hydrogen-bond donors (Lipinski definition) is 3. The summed E-state index contributed by atoms with van der Waals surface area (Å²) in [4.78, 5) is 23.3. The van der Waals surface area contributed by atoms with Crippen molar-refractivity contribution >= 4 is 28.7 Å². The number of aliphatic hydroxyl groups is 1. The average molecular weight is 528 g/mol. The van der Waals surface area contributed by atoms with Crippen LogP contribution in [0.25, 0.3) is 33.5 Å². The van der Waals surface area contributed by atoms with E-state index in [9.17, 15) is 18.7 Å². The number of ether oxygens (including phenoxy) is 1. The van der Waals surface area contributed by atoms with Crippen LogP contribution in [0.1, 0.15) is 37.4 Å². The fraction of sp³-hybridized carbons (Fsp3) is 0.296. The lowest BCUT2D eigenvalue weighted by Crippen LogP contribution is -2.28. The number of imidazole rings is 1. The Morgan fingerprint density at radius 2 is 1.57 bits per heavy atom. The normalized spacial score (nSPS) is 18.7. The zero-order chi connectivity index (χ0) is 26.1. The minimum atomic E-state index is -2.84. The molecule has 1 fully saturated rings. The van der Waals surface area contributed by atoms with Crippen LogP contribution >= 0.6 is 11.6 Å². The van der Waals surface area contributed by atoms with Gasteiger partial charge in [-0.2, -0.15) is 4.98 Å². The Morgan fingerprint density at radius 1 is 0.973 bits per heavy atom. The highest BCUT2D eigenvalue weighted by Gasteiger charge is 2.27. The number of aliphatic carboxylic acids is 1. The largest absolute Gasteiger partial charge is 0.481 e. The van der Waals surface area contributed by atoms with Crippen molar-refractivity contribution < 1.29 is 28.5 Å². The van der Waals surface area contributed by atoms with Gasteiger partial charge >= 0.3 is 5.97 Å². The maximum atomic E-state index is 12.7. The molecule has 0 aliphatic heterocycles. The second-order valence-corrected chi connectivity index (χ2v) is 9.55. The molecular weight excluding hydrogens is 504 g/mol. The molecule has 37 heavy (non-hydrogen) atoms. The molecule has 2 aromatic carbocycles. The van der Waals surface area contributed by atoms with Crippen LogP contribution in [0.4, 0.5) is 8.78 Å². The van der Waals surface area contributed by atoms with Gasteiger partial charge in [0.25, 0.3) is 12.4 Å². The van der Waals surface area contributed by atoms with E-state index in [2.05, 4.69) is 15.0 Å². The number of nitrogens with zero attached hydrogens (tertiary/aromatic N) is 2. The van der Waals surface area contributed by atoms with Gasteiger partial charge in [0.2, 0.25) is 0 Å². The summed E-state index contributed by atoms with van der Waals surface area (Å²) >= 11 is 6.52. The van der Waals surface area contributed by atoms with Crippen molar-refractivity contribution in [1.29, 1.82) is 0 Å². The van der Waals surface area contributed by atoms with Gasteiger partial charge in [0.1, 0.15) is 12.2 Å². The first kappa shape index (κ1) is 25.1. The Kier molecular flexibility index (Phi) is 7.08. The number of nitrogens with one attached hydrogen (secondary N) is 1. The minimum absolute atomic E-state index is 0.105. The number of halogens is 3. The summed E-state index contributed by atoms with van der Waals surface area (Å²) in [6, 6.07) is 15.9. The zero-order valence-electron chi connectivity index (χ0n) is 19.6. The van der Waals surface area contributed by atoms with Gasteiger partial charge in [-0.3, -0.25) is 4.79 Å².